The Morgan fingerprint density at radius 1 is 1.33 bits per heavy atom. The van der Waals surface area contributed by atoms with Crippen LogP contribution in [0.1, 0.15) is 24.1 Å². The van der Waals surface area contributed by atoms with Crippen LogP contribution in [0.3, 0.4) is 0 Å². The van der Waals surface area contributed by atoms with E-state index >= 15 is 0 Å². The smallest absolute Gasteiger partial charge is 0.332 e. The third-order valence-electron chi connectivity index (χ3n) is 2.68. The summed E-state index contributed by atoms with van der Waals surface area (Å²) in [6.07, 6.45) is 0. The van der Waals surface area contributed by atoms with Gasteiger partial charge in [0, 0.05) is 12.6 Å². The third-order valence-corrected chi connectivity index (χ3v) is 2.68. The molecule has 9 heteroatoms. The zero-order valence-corrected chi connectivity index (χ0v) is 12.0. The minimum atomic E-state index is -0.501. The Labute approximate surface area is 120 Å². The second kappa shape index (κ2) is 6.16. The van der Waals surface area contributed by atoms with E-state index in [0.29, 0.717) is 23.9 Å². The Morgan fingerprint density at radius 3 is 2.67 bits per heavy atom. The molecule has 2 rings (SSSR count). The van der Waals surface area contributed by atoms with Crippen molar-refractivity contribution in [1.82, 2.24) is 15.1 Å². The van der Waals surface area contributed by atoms with E-state index in [4.69, 9.17) is 4.52 Å². The molecule has 0 aliphatic carbocycles. The van der Waals surface area contributed by atoms with E-state index in [1.54, 1.807) is 19.9 Å². The molecule has 0 spiro atoms. The molecule has 0 unspecified atom stereocenters. The Hall–Kier alpha value is -2.71. The fraction of sp³-hybridized carbons (Fsp3) is 0.417. The molecule has 21 heavy (non-hydrogen) atoms. The average Bonchev–Trinajstić information content (AvgIpc) is 2.81. The molecule has 112 valence electrons. The fourth-order valence-electron chi connectivity index (χ4n) is 1.82. The SMILES string of the molecule is CCNc1nc(C)c([N+](=O)[O-])c(NCc2cc(C)no2)n1. The van der Waals surface area contributed by atoms with E-state index in [-0.39, 0.29) is 18.1 Å². The maximum atomic E-state index is 11.2. The minimum Gasteiger partial charge on any atom is -0.359 e. The van der Waals surface area contributed by atoms with Crippen LogP contribution in [0.25, 0.3) is 0 Å². The summed E-state index contributed by atoms with van der Waals surface area (Å²) in [6, 6.07) is 1.75. The van der Waals surface area contributed by atoms with E-state index in [2.05, 4.69) is 25.8 Å². The van der Waals surface area contributed by atoms with E-state index in [0.717, 1.165) is 5.69 Å². The number of hydrogen-bond acceptors (Lipinski definition) is 8. The summed E-state index contributed by atoms with van der Waals surface area (Å²) in [5.74, 6) is 1.07. The van der Waals surface area contributed by atoms with Gasteiger partial charge in [-0.25, -0.2) is 4.98 Å². The van der Waals surface area contributed by atoms with Gasteiger partial charge in [-0.05, 0) is 20.8 Å². The largest absolute Gasteiger partial charge is 0.359 e. The molecule has 0 aromatic carbocycles. The average molecular weight is 292 g/mol. The van der Waals surface area contributed by atoms with E-state index in [1.165, 1.54) is 0 Å². The lowest BCUT2D eigenvalue weighted by Gasteiger charge is -2.09. The van der Waals surface area contributed by atoms with Crippen LogP contribution in [0, 0.1) is 24.0 Å². The highest BCUT2D eigenvalue weighted by Crippen LogP contribution is 2.26. The second-order valence-corrected chi connectivity index (χ2v) is 4.41. The first-order valence-corrected chi connectivity index (χ1v) is 6.44. The van der Waals surface area contributed by atoms with Crippen LogP contribution in [0.15, 0.2) is 10.6 Å². The molecule has 2 N–H and O–H groups in total. The third kappa shape index (κ3) is 3.44. The van der Waals surface area contributed by atoms with Crippen molar-refractivity contribution in [2.24, 2.45) is 0 Å². The molecule has 0 saturated heterocycles. The second-order valence-electron chi connectivity index (χ2n) is 4.41. The molecule has 2 aromatic heterocycles. The van der Waals surface area contributed by atoms with Crippen LogP contribution < -0.4 is 10.6 Å². The maximum Gasteiger partial charge on any atom is 0.332 e. The van der Waals surface area contributed by atoms with Gasteiger partial charge in [-0.15, -0.1) is 0 Å². The quantitative estimate of drug-likeness (QED) is 0.613. The van der Waals surface area contributed by atoms with Gasteiger partial charge in [0.1, 0.15) is 5.69 Å². The Bertz CT molecular complexity index is 654. The Balaban J connectivity index is 2.28. The molecule has 2 heterocycles. The molecule has 2 aromatic rings. The van der Waals surface area contributed by atoms with Crippen molar-refractivity contribution in [2.75, 3.05) is 17.2 Å². The number of nitro groups is 1. The van der Waals surface area contributed by atoms with Crippen molar-refractivity contribution < 1.29 is 9.45 Å². The van der Waals surface area contributed by atoms with Crippen molar-refractivity contribution >= 4 is 17.5 Å². The van der Waals surface area contributed by atoms with Gasteiger partial charge in [0.25, 0.3) is 0 Å². The van der Waals surface area contributed by atoms with E-state index < -0.39 is 4.92 Å². The molecule has 0 aliphatic rings. The van der Waals surface area contributed by atoms with Crippen LogP contribution in [0.4, 0.5) is 17.5 Å². The summed E-state index contributed by atoms with van der Waals surface area (Å²) in [6.45, 7) is 6.14. The monoisotopic (exact) mass is 292 g/mol. The highest BCUT2D eigenvalue weighted by molar-refractivity contribution is 5.60. The fourth-order valence-corrected chi connectivity index (χ4v) is 1.82. The van der Waals surface area contributed by atoms with Gasteiger partial charge in [-0.1, -0.05) is 5.16 Å². The Morgan fingerprint density at radius 2 is 2.10 bits per heavy atom. The molecule has 0 amide bonds. The van der Waals surface area contributed by atoms with Gasteiger partial charge < -0.3 is 15.2 Å². The van der Waals surface area contributed by atoms with Crippen molar-refractivity contribution in [2.45, 2.75) is 27.3 Å². The number of nitrogens with one attached hydrogen (secondary N) is 2. The zero-order chi connectivity index (χ0) is 15.4. The number of anilines is 2. The Kier molecular flexibility index (Phi) is 4.31. The molecular formula is C12H16N6O3. The number of hydrogen-bond donors (Lipinski definition) is 2. The van der Waals surface area contributed by atoms with Gasteiger partial charge in [-0.2, -0.15) is 4.98 Å². The molecular weight excluding hydrogens is 276 g/mol. The molecule has 0 atom stereocenters. The van der Waals surface area contributed by atoms with Gasteiger partial charge in [-0.3, -0.25) is 10.1 Å². The van der Waals surface area contributed by atoms with Crippen molar-refractivity contribution in [3.05, 3.63) is 33.3 Å². The van der Waals surface area contributed by atoms with E-state index in [9.17, 15) is 10.1 Å². The van der Waals surface area contributed by atoms with Crippen LogP contribution in [0.5, 0.6) is 0 Å². The summed E-state index contributed by atoms with van der Waals surface area (Å²) < 4.78 is 5.05. The zero-order valence-electron chi connectivity index (χ0n) is 12.0. The first kappa shape index (κ1) is 14.7. The van der Waals surface area contributed by atoms with Gasteiger partial charge in [0.05, 0.1) is 17.2 Å². The lowest BCUT2D eigenvalue weighted by molar-refractivity contribution is -0.385. The van der Waals surface area contributed by atoms with Gasteiger partial charge >= 0.3 is 5.69 Å². The first-order valence-electron chi connectivity index (χ1n) is 6.44. The number of aromatic nitrogens is 3. The maximum absolute atomic E-state index is 11.2. The summed E-state index contributed by atoms with van der Waals surface area (Å²) in [5.41, 5.74) is 0.892. The number of nitrogens with zero attached hydrogens (tertiary/aromatic N) is 4. The summed E-state index contributed by atoms with van der Waals surface area (Å²) in [4.78, 5) is 18.8. The first-order chi connectivity index (χ1) is 10.0. The summed E-state index contributed by atoms with van der Waals surface area (Å²) in [5, 5.41) is 20.7. The van der Waals surface area contributed by atoms with Crippen LogP contribution >= 0.6 is 0 Å². The normalized spacial score (nSPS) is 10.4. The molecule has 9 nitrogen and oxygen atoms in total. The lowest BCUT2D eigenvalue weighted by atomic mass is 10.3. The molecule has 0 fully saturated rings. The van der Waals surface area contributed by atoms with Crippen molar-refractivity contribution in [1.29, 1.82) is 0 Å². The highest BCUT2D eigenvalue weighted by atomic mass is 16.6. The van der Waals surface area contributed by atoms with Crippen molar-refractivity contribution in [3.63, 3.8) is 0 Å². The predicted molar refractivity (Wildman–Crippen MR) is 76.2 cm³/mol. The molecule has 0 saturated carbocycles. The van der Waals surface area contributed by atoms with Gasteiger partial charge in [0.15, 0.2) is 5.76 Å². The number of rotatable bonds is 6. The van der Waals surface area contributed by atoms with E-state index in [1.807, 2.05) is 6.92 Å². The summed E-state index contributed by atoms with van der Waals surface area (Å²) >= 11 is 0. The highest BCUT2D eigenvalue weighted by Gasteiger charge is 2.22. The molecule has 0 radical (unpaired) electrons. The molecule has 0 bridgehead atoms. The topological polar surface area (TPSA) is 119 Å². The molecule has 0 aliphatic heterocycles. The lowest BCUT2D eigenvalue weighted by Crippen LogP contribution is -2.10. The van der Waals surface area contributed by atoms with Crippen LogP contribution in [-0.2, 0) is 6.54 Å². The summed E-state index contributed by atoms with van der Waals surface area (Å²) in [7, 11) is 0. The minimum absolute atomic E-state index is 0.145. The predicted octanol–water partition coefficient (Wildman–Crippen LogP) is 2.03. The van der Waals surface area contributed by atoms with Crippen LogP contribution in [0.2, 0.25) is 0 Å². The van der Waals surface area contributed by atoms with Gasteiger partial charge in [0.2, 0.25) is 11.8 Å². The van der Waals surface area contributed by atoms with Crippen molar-refractivity contribution in [3.8, 4) is 0 Å². The standard InChI is InChI=1S/C12H16N6O3/c1-4-13-12-15-8(3)10(18(19)20)11(16-12)14-6-9-5-7(2)17-21-9/h5H,4,6H2,1-3H3,(H2,13,14,15,16). The number of aryl methyl sites for hydroxylation is 2. The van der Waals surface area contributed by atoms with Crippen LogP contribution in [-0.4, -0.2) is 26.6 Å².